The number of nitrogens with zero attached hydrogens (tertiary/aromatic N) is 2. The predicted molar refractivity (Wildman–Crippen MR) is 77.6 cm³/mol. The minimum atomic E-state index is -0.195. The van der Waals surface area contributed by atoms with Crippen molar-refractivity contribution < 1.29 is 9.53 Å². The van der Waals surface area contributed by atoms with Crippen LogP contribution in [0.2, 0.25) is 0 Å². The molecule has 1 heterocycles. The third-order valence-corrected chi connectivity index (χ3v) is 2.64. The number of anilines is 1. The van der Waals surface area contributed by atoms with Crippen LogP contribution in [0.25, 0.3) is 0 Å². The maximum Gasteiger partial charge on any atom is 0.263 e. The second-order valence-electron chi connectivity index (χ2n) is 4.94. The minimum Gasteiger partial charge on any atom is -0.484 e. The zero-order valence-corrected chi connectivity index (χ0v) is 11.7. The summed E-state index contributed by atoms with van der Waals surface area (Å²) >= 11 is 0. The lowest BCUT2D eigenvalue weighted by Gasteiger charge is -2.11. The first-order valence-electron chi connectivity index (χ1n) is 6.64. The lowest BCUT2D eigenvalue weighted by molar-refractivity contribution is -0.118. The molecule has 5 nitrogen and oxygen atoms in total. The summed E-state index contributed by atoms with van der Waals surface area (Å²) in [6.45, 7) is 4.95. The van der Waals surface area contributed by atoms with Gasteiger partial charge in [0.2, 0.25) is 0 Å². The zero-order chi connectivity index (χ0) is 14.4. The standard InChI is InChI=1S/C15H19N3O2/c1-12(2)10-18-14(8-9-16-18)17-15(19)11-20-13-6-4-3-5-7-13/h3-9,12H,10-11H2,1-2H3,(H,17,19). The van der Waals surface area contributed by atoms with Crippen LogP contribution in [0.3, 0.4) is 0 Å². The maximum absolute atomic E-state index is 11.8. The van der Waals surface area contributed by atoms with Crippen LogP contribution in [0, 0.1) is 5.92 Å². The third-order valence-electron chi connectivity index (χ3n) is 2.64. The van der Waals surface area contributed by atoms with Crippen molar-refractivity contribution in [3.8, 4) is 5.75 Å². The zero-order valence-electron chi connectivity index (χ0n) is 11.7. The van der Waals surface area contributed by atoms with Gasteiger partial charge in [-0.05, 0) is 18.1 Å². The number of hydrogen-bond donors (Lipinski definition) is 1. The molecule has 0 saturated carbocycles. The number of benzene rings is 1. The number of nitrogens with one attached hydrogen (secondary N) is 1. The highest BCUT2D eigenvalue weighted by Gasteiger charge is 2.09. The van der Waals surface area contributed by atoms with Crippen LogP contribution in [0.15, 0.2) is 42.6 Å². The molecule has 20 heavy (non-hydrogen) atoms. The second kappa shape index (κ2) is 6.75. The van der Waals surface area contributed by atoms with Crippen LogP contribution in [0.1, 0.15) is 13.8 Å². The van der Waals surface area contributed by atoms with Crippen LogP contribution < -0.4 is 10.1 Å². The SMILES string of the molecule is CC(C)Cn1nccc1NC(=O)COc1ccccc1. The minimum absolute atomic E-state index is 0.0170. The van der Waals surface area contributed by atoms with E-state index in [0.29, 0.717) is 17.5 Å². The smallest absolute Gasteiger partial charge is 0.263 e. The third kappa shape index (κ3) is 4.12. The fraction of sp³-hybridized carbons (Fsp3) is 0.333. The number of aromatic nitrogens is 2. The molecule has 0 atom stereocenters. The van der Waals surface area contributed by atoms with Crippen molar-refractivity contribution in [1.82, 2.24) is 9.78 Å². The van der Waals surface area contributed by atoms with E-state index < -0.39 is 0 Å². The van der Waals surface area contributed by atoms with Gasteiger partial charge in [0.25, 0.3) is 5.91 Å². The number of para-hydroxylation sites is 1. The first kappa shape index (κ1) is 14.1. The monoisotopic (exact) mass is 273 g/mol. The number of amides is 1. The highest BCUT2D eigenvalue weighted by Crippen LogP contribution is 2.10. The first-order chi connectivity index (χ1) is 9.65. The number of rotatable bonds is 6. The van der Waals surface area contributed by atoms with E-state index in [2.05, 4.69) is 24.3 Å². The predicted octanol–water partition coefficient (Wildman–Crippen LogP) is 2.56. The van der Waals surface area contributed by atoms with Gasteiger partial charge in [-0.2, -0.15) is 5.10 Å². The lowest BCUT2D eigenvalue weighted by Crippen LogP contribution is -2.22. The maximum atomic E-state index is 11.8. The number of carbonyl (C=O) groups excluding carboxylic acids is 1. The van der Waals surface area contributed by atoms with Crippen molar-refractivity contribution in [1.29, 1.82) is 0 Å². The Balaban J connectivity index is 1.87. The topological polar surface area (TPSA) is 56.2 Å². The van der Waals surface area contributed by atoms with Gasteiger partial charge in [0.1, 0.15) is 11.6 Å². The molecule has 0 radical (unpaired) electrons. The Hall–Kier alpha value is -2.30. The highest BCUT2D eigenvalue weighted by atomic mass is 16.5. The first-order valence-corrected chi connectivity index (χ1v) is 6.64. The molecule has 0 spiro atoms. The molecule has 2 aromatic rings. The van der Waals surface area contributed by atoms with Crippen LogP contribution in [0.4, 0.5) is 5.82 Å². The average molecular weight is 273 g/mol. The van der Waals surface area contributed by atoms with E-state index in [1.807, 2.05) is 30.3 Å². The van der Waals surface area contributed by atoms with Crippen LogP contribution >= 0.6 is 0 Å². The van der Waals surface area contributed by atoms with Gasteiger partial charge in [0.15, 0.2) is 6.61 Å². The van der Waals surface area contributed by atoms with Crippen LogP contribution in [-0.2, 0) is 11.3 Å². The summed E-state index contributed by atoms with van der Waals surface area (Å²) in [6.07, 6.45) is 1.68. The Labute approximate surface area is 118 Å². The molecule has 0 aliphatic rings. The number of ether oxygens (including phenoxy) is 1. The normalized spacial score (nSPS) is 10.6. The van der Waals surface area contributed by atoms with Crippen molar-refractivity contribution in [3.05, 3.63) is 42.6 Å². The Kier molecular flexibility index (Phi) is 4.76. The molecular formula is C15H19N3O2. The second-order valence-corrected chi connectivity index (χ2v) is 4.94. The quantitative estimate of drug-likeness (QED) is 0.880. The van der Waals surface area contributed by atoms with E-state index in [0.717, 1.165) is 6.54 Å². The molecule has 1 aromatic carbocycles. The molecule has 2 rings (SSSR count). The molecule has 0 aliphatic heterocycles. The van der Waals surface area contributed by atoms with Gasteiger partial charge in [-0.3, -0.25) is 4.79 Å². The van der Waals surface area contributed by atoms with E-state index in [4.69, 9.17) is 4.74 Å². The molecule has 0 bridgehead atoms. The summed E-state index contributed by atoms with van der Waals surface area (Å²) in [5.74, 6) is 1.64. The van der Waals surface area contributed by atoms with Gasteiger partial charge in [0.05, 0.1) is 6.20 Å². The van der Waals surface area contributed by atoms with Gasteiger partial charge >= 0.3 is 0 Å². The van der Waals surface area contributed by atoms with Crippen molar-refractivity contribution in [2.75, 3.05) is 11.9 Å². The Bertz CT molecular complexity index is 549. The molecule has 5 heteroatoms. The molecule has 0 saturated heterocycles. The van der Waals surface area contributed by atoms with Crippen LogP contribution in [0.5, 0.6) is 5.75 Å². The highest BCUT2D eigenvalue weighted by molar-refractivity contribution is 5.91. The molecule has 106 valence electrons. The van der Waals surface area contributed by atoms with Gasteiger partial charge < -0.3 is 10.1 Å². The van der Waals surface area contributed by atoms with Crippen LogP contribution in [-0.4, -0.2) is 22.3 Å². The molecule has 0 unspecified atom stereocenters. The summed E-state index contributed by atoms with van der Waals surface area (Å²) in [5, 5.41) is 6.99. The van der Waals surface area contributed by atoms with Crippen molar-refractivity contribution in [2.24, 2.45) is 5.92 Å². The van der Waals surface area contributed by atoms with Gasteiger partial charge in [-0.15, -0.1) is 0 Å². The van der Waals surface area contributed by atoms with Crippen molar-refractivity contribution in [2.45, 2.75) is 20.4 Å². The molecule has 1 N–H and O–H groups in total. The van der Waals surface area contributed by atoms with Gasteiger partial charge in [-0.1, -0.05) is 32.0 Å². The molecule has 0 aliphatic carbocycles. The summed E-state index contributed by atoms with van der Waals surface area (Å²) in [7, 11) is 0. The van der Waals surface area contributed by atoms with Gasteiger partial charge in [0, 0.05) is 12.6 Å². The summed E-state index contributed by atoms with van der Waals surface area (Å²) in [5.41, 5.74) is 0. The number of hydrogen-bond acceptors (Lipinski definition) is 3. The van der Waals surface area contributed by atoms with Crippen molar-refractivity contribution in [3.63, 3.8) is 0 Å². The lowest BCUT2D eigenvalue weighted by atomic mass is 10.2. The fourth-order valence-electron chi connectivity index (χ4n) is 1.77. The molecule has 1 aromatic heterocycles. The largest absolute Gasteiger partial charge is 0.484 e. The number of carbonyl (C=O) groups is 1. The summed E-state index contributed by atoms with van der Waals surface area (Å²) in [6, 6.07) is 11.0. The average Bonchev–Trinajstić information content (AvgIpc) is 2.84. The Morgan fingerprint density at radius 2 is 2.05 bits per heavy atom. The van der Waals surface area contributed by atoms with E-state index in [9.17, 15) is 4.79 Å². The van der Waals surface area contributed by atoms with E-state index in [1.165, 1.54) is 0 Å². The summed E-state index contributed by atoms with van der Waals surface area (Å²) < 4.78 is 7.18. The van der Waals surface area contributed by atoms with E-state index >= 15 is 0 Å². The van der Waals surface area contributed by atoms with Crippen molar-refractivity contribution >= 4 is 11.7 Å². The molecule has 0 fully saturated rings. The van der Waals surface area contributed by atoms with E-state index in [-0.39, 0.29) is 12.5 Å². The fourth-order valence-corrected chi connectivity index (χ4v) is 1.77. The summed E-state index contributed by atoms with van der Waals surface area (Å²) in [4.78, 5) is 11.8. The molecular weight excluding hydrogens is 254 g/mol. The Morgan fingerprint density at radius 1 is 1.30 bits per heavy atom. The Morgan fingerprint density at radius 3 is 2.75 bits per heavy atom. The van der Waals surface area contributed by atoms with E-state index in [1.54, 1.807) is 16.9 Å². The van der Waals surface area contributed by atoms with Gasteiger partial charge in [-0.25, -0.2) is 4.68 Å². The molecule has 1 amide bonds.